The SMILES string of the molecule is CCNCc1cc(S(=O)(=O)N(C)C(C)C(C)C)c(Br)o1. The van der Waals surface area contributed by atoms with E-state index in [4.69, 9.17) is 4.42 Å². The smallest absolute Gasteiger partial charge is 0.247 e. The predicted octanol–water partition coefficient (Wildman–Crippen LogP) is 2.82. The van der Waals surface area contributed by atoms with Gasteiger partial charge in [-0.05, 0) is 35.3 Å². The molecule has 20 heavy (non-hydrogen) atoms. The molecule has 0 saturated carbocycles. The van der Waals surface area contributed by atoms with Crippen LogP contribution in [0.25, 0.3) is 0 Å². The summed E-state index contributed by atoms with van der Waals surface area (Å²) in [6.07, 6.45) is 0. The summed E-state index contributed by atoms with van der Waals surface area (Å²) in [4.78, 5) is 0.181. The fourth-order valence-electron chi connectivity index (χ4n) is 1.70. The highest BCUT2D eigenvalue weighted by atomic mass is 79.9. The summed E-state index contributed by atoms with van der Waals surface area (Å²) in [6, 6.07) is 1.49. The van der Waals surface area contributed by atoms with Gasteiger partial charge in [0.15, 0.2) is 4.67 Å². The molecule has 7 heteroatoms. The van der Waals surface area contributed by atoms with Crippen molar-refractivity contribution >= 4 is 26.0 Å². The number of nitrogens with one attached hydrogen (secondary N) is 1. The van der Waals surface area contributed by atoms with Crippen LogP contribution in [0, 0.1) is 5.92 Å². The summed E-state index contributed by atoms with van der Waals surface area (Å²) < 4.78 is 32.3. The molecular weight excluding hydrogens is 344 g/mol. The van der Waals surface area contributed by atoms with Gasteiger partial charge in [0.25, 0.3) is 0 Å². The van der Waals surface area contributed by atoms with E-state index in [1.807, 2.05) is 27.7 Å². The maximum atomic E-state index is 12.6. The fourth-order valence-corrected chi connectivity index (χ4v) is 4.16. The van der Waals surface area contributed by atoms with E-state index in [-0.39, 0.29) is 21.5 Å². The minimum atomic E-state index is -3.55. The van der Waals surface area contributed by atoms with E-state index in [9.17, 15) is 8.42 Å². The van der Waals surface area contributed by atoms with Crippen LogP contribution in [0.1, 0.15) is 33.5 Å². The first kappa shape index (κ1) is 17.7. The molecule has 1 heterocycles. The first-order valence-corrected chi connectivity index (χ1v) is 8.92. The van der Waals surface area contributed by atoms with E-state index in [2.05, 4.69) is 21.2 Å². The Labute approximate surface area is 129 Å². The second kappa shape index (κ2) is 7.06. The van der Waals surface area contributed by atoms with Gasteiger partial charge in [-0.2, -0.15) is 4.31 Å². The van der Waals surface area contributed by atoms with E-state index in [0.717, 1.165) is 6.54 Å². The van der Waals surface area contributed by atoms with Gasteiger partial charge in [-0.25, -0.2) is 8.42 Å². The van der Waals surface area contributed by atoms with Crippen LogP contribution in [-0.2, 0) is 16.6 Å². The zero-order chi connectivity index (χ0) is 15.5. The van der Waals surface area contributed by atoms with Gasteiger partial charge >= 0.3 is 0 Å². The van der Waals surface area contributed by atoms with E-state index >= 15 is 0 Å². The van der Waals surface area contributed by atoms with Gasteiger partial charge in [-0.3, -0.25) is 0 Å². The highest BCUT2D eigenvalue weighted by Crippen LogP contribution is 2.29. The van der Waals surface area contributed by atoms with Gasteiger partial charge in [0.2, 0.25) is 10.0 Å². The molecule has 116 valence electrons. The molecule has 0 aliphatic rings. The van der Waals surface area contributed by atoms with Gasteiger partial charge in [0, 0.05) is 19.2 Å². The van der Waals surface area contributed by atoms with E-state index in [1.54, 1.807) is 13.1 Å². The Morgan fingerprint density at radius 1 is 1.40 bits per heavy atom. The molecule has 1 unspecified atom stereocenters. The van der Waals surface area contributed by atoms with Gasteiger partial charge in [-0.1, -0.05) is 20.8 Å². The molecule has 0 spiro atoms. The van der Waals surface area contributed by atoms with Crippen LogP contribution in [0.15, 0.2) is 20.0 Å². The maximum Gasteiger partial charge on any atom is 0.247 e. The molecular formula is C13H23BrN2O3S. The first-order valence-electron chi connectivity index (χ1n) is 6.68. The van der Waals surface area contributed by atoms with Crippen LogP contribution in [-0.4, -0.2) is 32.4 Å². The van der Waals surface area contributed by atoms with Crippen molar-refractivity contribution in [3.63, 3.8) is 0 Å². The number of furan rings is 1. The Kier molecular flexibility index (Phi) is 6.25. The number of nitrogens with zero attached hydrogens (tertiary/aromatic N) is 1. The zero-order valence-corrected chi connectivity index (χ0v) is 15.0. The quantitative estimate of drug-likeness (QED) is 0.805. The molecule has 5 nitrogen and oxygen atoms in total. The molecule has 0 bridgehead atoms. The molecule has 0 saturated heterocycles. The third-order valence-corrected chi connectivity index (χ3v) is 6.25. The summed E-state index contributed by atoms with van der Waals surface area (Å²) in [7, 11) is -1.95. The predicted molar refractivity (Wildman–Crippen MR) is 83.0 cm³/mol. The summed E-state index contributed by atoms with van der Waals surface area (Å²) in [5.41, 5.74) is 0. The average molecular weight is 367 g/mol. The lowest BCUT2D eigenvalue weighted by Crippen LogP contribution is -2.38. The summed E-state index contributed by atoms with van der Waals surface area (Å²) in [5, 5.41) is 3.10. The van der Waals surface area contributed by atoms with Gasteiger partial charge in [-0.15, -0.1) is 0 Å². The lowest BCUT2D eigenvalue weighted by atomic mass is 10.1. The molecule has 1 aromatic heterocycles. The van der Waals surface area contributed by atoms with Crippen molar-refractivity contribution in [2.75, 3.05) is 13.6 Å². The Hall–Kier alpha value is -0.370. The average Bonchev–Trinajstić information content (AvgIpc) is 2.76. The summed E-state index contributed by atoms with van der Waals surface area (Å²) in [5.74, 6) is 0.838. The highest BCUT2D eigenvalue weighted by molar-refractivity contribution is 9.10. The molecule has 1 rings (SSSR count). The van der Waals surface area contributed by atoms with Crippen LogP contribution in [0.5, 0.6) is 0 Å². The number of hydrogen-bond donors (Lipinski definition) is 1. The lowest BCUT2D eigenvalue weighted by molar-refractivity contribution is 0.315. The zero-order valence-electron chi connectivity index (χ0n) is 12.6. The molecule has 1 aromatic rings. The van der Waals surface area contributed by atoms with E-state index < -0.39 is 10.0 Å². The van der Waals surface area contributed by atoms with Crippen molar-refractivity contribution in [3.05, 3.63) is 16.5 Å². The minimum Gasteiger partial charge on any atom is -0.452 e. The maximum absolute atomic E-state index is 12.6. The second-order valence-electron chi connectivity index (χ2n) is 5.14. The first-order chi connectivity index (χ1) is 9.21. The Bertz CT molecular complexity index is 540. The van der Waals surface area contributed by atoms with E-state index in [1.165, 1.54) is 4.31 Å². The normalized spacial score (nSPS) is 14.2. The highest BCUT2D eigenvalue weighted by Gasteiger charge is 2.31. The number of halogens is 1. The molecule has 0 aliphatic heterocycles. The molecule has 0 radical (unpaired) electrons. The van der Waals surface area contributed by atoms with Gasteiger partial charge in [0.1, 0.15) is 10.7 Å². The Morgan fingerprint density at radius 3 is 2.50 bits per heavy atom. The van der Waals surface area contributed by atoms with Gasteiger partial charge in [0.05, 0.1) is 6.54 Å². The van der Waals surface area contributed by atoms with Crippen molar-refractivity contribution < 1.29 is 12.8 Å². The Morgan fingerprint density at radius 2 is 2.00 bits per heavy atom. The van der Waals surface area contributed by atoms with Crippen LogP contribution >= 0.6 is 15.9 Å². The van der Waals surface area contributed by atoms with Crippen molar-refractivity contribution in [1.29, 1.82) is 0 Å². The summed E-state index contributed by atoms with van der Waals surface area (Å²) >= 11 is 3.20. The van der Waals surface area contributed by atoms with Crippen LogP contribution in [0.4, 0.5) is 0 Å². The van der Waals surface area contributed by atoms with Crippen LogP contribution in [0.3, 0.4) is 0 Å². The second-order valence-corrected chi connectivity index (χ2v) is 7.82. The van der Waals surface area contributed by atoms with Crippen molar-refractivity contribution in [3.8, 4) is 0 Å². The van der Waals surface area contributed by atoms with Crippen LogP contribution in [0.2, 0.25) is 0 Å². The topological polar surface area (TPSA) is 62.6 Å². The minimum absolute atomic E-state index is 0.0842. The standard InChI is InChI=1S/C13H23BrN2O3S/c1-6-15-8-11-7-12(13(14)19-11)20(17,18)16(5)10(4)9(2)3/h7,9-10,15H,6,8H2,1-5H3. The fraction of sp³-hybridized carbons (Fsp3) is 0.692. The lowest BCUT2D eigenvalue weighted by Gasteiger charge is -2.26. The third kappa shape index (κ3) is 3.84. The molecule has 1 N–H and O–H groups in total. The summed E-state index contributed by atoms with van der Waals surface area (Å²) in [6.45, 7) is 9.18. The third-order valence-electron chi connectivity index (χ3n) is 3.45. The monoisotopic (exact) mass is 366 g/mol. The number of hydrogen-bond acceptors (Lipinski definition) is 4. The molecule has 0 fully saturated rings. The van der Waals surface area contributed by atoms with Crippen LogP contribution < -0.4 is 5.32 Å². The molecule has 0 amide bonds. The van der Waals surface area contributed by atoms with Crippen molar-refractivity contribution in [2.45, 2.75) is 45.2 Å². The number of sulfonamides is 1. The Balaban J connectivity index is 3.06. The molecule has 0 aromatic carbocycles. The number of rotatable bonds is 7. The molecule has 1 atom stereocenters. The largest absolute Gasteiger partial charge is 0.452 e. The van der Waals surface area contributed by atoms with Gasteiger partial charge < -0.3 is 9.73 Å². The van der Waals surface area contributed by atoms with Crippen molar-refractivity contribution in [2.24, 2.45) is 5.92 Å². The van der Waals surface area contributed by atoms with Crippen molar-refractivity contribution in [1.82, 2.24) is 9.62 Å². The van der Waals surface area contributed by atoms with E-state index in [0.29, 0.717) is 12.3 Å². The molecule has 0 aliphatic carbocycles.